The van der Waals surface area contributed by atoms with Gasteiger partial charge in [-0.1, -0.05) is 0 Å². The maximum absolute atomic E-state index is 6.08. The molecule has 1 aromatic heterocycles. The summed E-state index contributed by atoms with van der Waals surface area (Å²) < 4.78 is 11.1. The number of fused-ring (bicyclic) bond motifs is 1. The fourth-order valence-corrected chi connectivity index (χ4v) is 3.10. The van der Waals surface area contributed by atoms with Crippen LogP contribution in [-0.4, -0.2) is 13.2 Å². The number of nitrogens with one attached hydrogen (secondary N) is 1. The van der Waals surface area contributed by atoms with Crippen LogP contribution >= 0.6 is 11.3 Å². The minimum Gasteiger partial charge on any atom is -0.486 e. The van der Waals surface area contributed by atoms with E-state index in [0.717, 1.165) is 17.2 Å². The predicted molar refractivity (Wildman–Crippen MR) is 82.9 cm³/mol. The average Bonchev–Trinajstić information content (AvgIpc) is 2.86. The lowest BCUT2D eigenvalue weighted by Crippen LogP contribution is -2.16. The van der Waals surface area contributed by atoms with E-state index in [-0.39, 0.29) is 6.04 Å². The van der Waals surface area contributed by atoms with Crippen molar-refractivity contribution in [2.24, 2.45) is 0 Å². The van der Waals surface area contributed by atoms with E-state index in [4.69, 9.17) is 15.2 Å². The van der Waals surface area contributed by atoms with Crippen LogP contribution in [0.4, 0.5) is 11.4 Å². The van der Waals surface area contributed by atoms with Gasteiger partial charge < -0.3 is 20.5 Å². The summed E-state index contributed by atoms with van der Waals surface area (Å²) in [7, 11) is 0. The highest BCUT2D eigenvalue weighted by molar-refractivity contribution is 7.12. The SMILES string of the molecule is Cc1ccc(C(C)Nc2cc3c(cc2N)OCCO3)s1. The lowest BCUT2D eigenvalue weighted by atomic mass is 10.2. The Morgan fingerprint density at radius 2 is 1.90 bits per heavy atom. The molecule has 1 aliphatic rings. The molecule has 0 bridgehead atoms. The van der Waals surface area contributed by atoms with Crippen LogP contribution in [0.15, 0.2) is 24.3 Å². The van der Waals surface area contributed by atoms with E-state index < -0.39 is 0 Å². The number of nitrogens with two attached hydrogens (primary N) is 1. The third-order valence-corrected chi connectivity index (χ3v) is 4.46. The van der Waals surface area contributed by atoms with Gasteiger partial charge in [-0.15, -0.1) is 11.3 Å². The van der Waals surface area contributed by atoms with Gasteiger partial charge in [-0.25, -0.2) is 0 Å². The van der Waals surface area contributed by atoms with Crippen molar-refractivity contribution in [2.45, 2.75) is 19.9 Å². The number of hydrogen-bond acceptors (Lipinski definition) is 5. The van der Waals surface area contributed by atoms with Crippen LogP contribution < -0.4 is 20.5 Å². The van der Waals surface area contributed by atoms with E-state index in [0.29, 0.717) is 18.9 Å². The zero-order valence-electron chi connectivity index (χ0n) is 11.6. The summed E-state index contributed by atoms with van der Waals surface area (Å²) in [6.07, 6.45) is 0. The van der Waals surface area contributed by atoms with Gasteiger partial charge >= 0.3 is 0 Å². The quantitative estimate of drug-likeness (QED) is 0.848. The van der Waals surface area contributed by atoms with Gasteiger partial charge in [0.1, 0.15) is 13.2 Å². The Hall–Kier alpha value is -1.88. The van der Waals surface area contributed by atoms with Gasteiger partial charge in [0.2, 0.25) is 0 Å². The number of benzene rings is 1. The summed E-state index contributed by atoms with van der Waals surface area (Å²) in [6, 6.07) is 8.22. The number of thiophene rings is 1. The molecule has 106 valence electrons. The van der Waals surface area contributed by atoms with Crippen LogP contribution in [0.2, 0.25) is 0 Å². The van der Waals surface area contributed by atoms with E-state index in [2.05, 4.69) is 31.3 Å². The van der Waals surface area contributed by atoms with Gasteiger partial charge in [0.05, 0.1) is 17.4 Å². The van der Waals surface area contributed by atoms with Gasteiger partial charge in [-0.2, -0.15) is 0 Å². The second kappa shape index (κ2) is 5.25. The number of nitrogen functional groups attached to an aromatic ring is 1. The van der Waals surface area contributed by atoms with Crippen LogP contribution in [0, 0.1) is 6.92 Å². The first-order valence-corrected chi connectivity index (χ1v) is 7.47. The van der Waals surface area contributed by atoms with Crippen LogP contribution in [0.3, 0.4) is 0 Å². The zero-order chi connectivity index (χ0) is 14.1. The molecule has 1 aliphatic heterocycles. The van der Waals surface area contributed by atoms with Crippen LogP contribution in [0.25, 0.3) is 0 Å². The maximum atomic E-state index is 6.08. The summed E-state index contributed by atoms with van der Waals surface area (Å²) in [4.78, 5) is 2.60. The first-order valence-electron chi connectivity index (χ1n) is 6.65. The first-order chi connectivity index (χ1) is 9.63. The van der Waals surface area contributed by atoms with E-state index in [1.807, 2.05) is 12.1 Å². The van der Waals surface area contributed by atoms with E-state index in [1.54, 1.807) is 11.3 Å². The molecule has 0 spiro atoms. The van der Waals surface area contributed by atoms with Crippen LogP contribution in [-0.2, 0) is 0 Å². The Morgan fingerprint density at radius 1 is 1.20 bits per heavy atom. The van der Waals surface area contributed by atoms with Gasteiger partial charge in [0, 0.05) is 21.9 Å². The van der Waals surface area contributed by atoms with Gasteiger partial charge in [0.15, 0.2) is 11.5 Å². The molecule has 0 amide bonds. The molecule has 0 fully saturated rings. The van der Waals surface area contributed by atoms with Crippen LogP contribution in [0.1, 0.15) is 22.7 Å². The monoisotopic (exact) mass is 290 g/mol. The Balaban J connectivity index is 1.83. The second-order valence-electron chi connectivity index (χ2n) is 4.90. The Kier molecular flexibility index (Phi) is 3.44. The normalized spacial score (nSPS) is 14.9. The predicted octanol–water partition coefficient (Wildman–Crippen LogP) is 3.58. The zero-order valence-corrected chi connectivity index (χ0v) is 12.4. The summed E-state index contributed by atoms with van der Waals surface area (Å²) in [5.74, 6) is 1.47. The molecular formula is C15H18N2O2S. The molecule has 0 radical (unpaired) electrons. The van der Waals surface area contributed by atoms with Crippen molar-refractivity contribution < 1.29 is 9.47 Å². The molecule has 3 N–H and O–H groups in total. The van der Waals surface area contributed by atoms with Crippen molar-refractivity contribution >= 4 is 22.7 Å². The third kappa shape index (κ3) is 2.54. The molecule has 5 heteroatoms. The fourth-order valence-electron chi connectivity index (χ4n) is 2.22. The molecule has 2 heterocycles. The summed E-state index contributed by atoms with van der Waals surface area (Å²) >= 11 is 1.79. The molecular weight excluding hydrogens is 272 g/mol. The lowest BCUT2D eigenvalue weighted by Gasteiger charge is -2.22. The third-order valence-electron chi connectivity index (χ3n) is 3.27. The van der Waals surface area contributed by atoms with Crippen molar-refractivity contribution in [3.05, 3.63) is 34.0 Å². The minimum atomic E-state index is 0.207. The van der Waals surface area contributed by atoms with Crippen molar-refractivity contribution in [1.29, 1.82) is 0 Å². The molecule has 0 saturated carbocycles. The number of rotatable bonds is 3. The molecule has 0 saturated heterocycles. The highest BCUT2D eigenvalue weighted by Gasteiger charge is 2.16. The topological polar surface area (TPSA) is 56.5 Å². The molecule has 20 heavy (non-hydrogen) atoms. The van der Waals surface area contributed by atoms with E-state index in [1.165, 1.54) is 9.75 Å². The molecule has 1 atom stereocenters. The van der Waals surface area contributed by atoms with Gasteiger partial charge in [-0.3, -0.25) is 0 Å². The average molecular weight is 290 g/mol. The van der Waals surface area contributed by atoms with Crippen molar-refractivity contribution in [2.75, 3.05) is 24.3 Å². The summed E-state index contributed by atoms with van der Waals surface area (Å²) in [5, 5.41) is 3.44. The maximum Gasteiger partial charge on any atom is 0.163 e. The standard InChI is InChI=1S/C15H18N2O2S/c1-9-3-4-15(20-9)10(2)17-12-8-14-13(7-11(12)16)18-5-6-19-14/h3-4,7-8,10,17H,5-6,16H2,1-2H3. The number of ether oxygens (including phenoxy) is 2. The highest BCUT2D eigenvalue weighted by Crippen LogP contribution is 2.38. The van der Waals surface area contributed by atoms with E-state index in [9.17, 15) is 0 Å². The van der Waals surface area contributed by atoms with Gasteiger partial charge in [0.25, 0.3) is 0 Å². The Morgan fingerprint density at radius 3 is 2.55 bits per heavy atom. The van der Waals surface area contributed by atoms with Crippen LogP contribution in [0.5, 0.6) is 11.5 Å². The van der Waals surface area contributed by atoms with E-state index >= 15 is 0 Å². The second-order valence-corrected chi connectivity index (χ2v) is 6.22. The minimum absolute atomic E-state index is 0.207. The molecule has 1 aromatic carbocycles. The summed E-state index contributed by atoms with van der Waals surface area (Å²) in [6.45, 7) is 5.39. The fraction of sp³-hybridized carbons (Fsp3) is 0.333. The molecule has 0 aliphatic carbocycles. The van der Waals surface area contributed by atoms with Crippen molar-refractivity contribution in [3.8, 4) is 11.5 Å². The number of hydrogen-bond donors (Lipinski definition) is 2. The Bertz CT molecular complexity index is 624. The molecule has 4 nitrogen and oxygen atoms in total. The number of anilines is 2. The highest BCUT2D eigenvalue weighted by atomic mass is 32.1. The Labute approximate surface area is 122 Å². The summed E-state index contributed by atoms with van der Waals surface area (Å²) in [5.41, 5.74) is 7.64. The molecule has 3 rings (SSSR count). The molecule has 1 unspecified atom stereocenters. The number of aryl methyl sites for hydroxylation is 1. The molecule has 2 aromatic rings. The largest absolute Gasteiger partial charge is 0.486 e. The first kappa shape index (κ1) is 13.1. The lowest BCUT2D eigenvalue weighted by molar-refractivity contribution is 0.172. The smallest absolute Gasteiger partial charge is 0.163 e. The van der Waals surface area contributed by atoms with Gasteiger partial charge in [-0.05, 0) is 26.0 Å². The van der Waals surface area contributed by atoms with Crippen molar-refractivity contribution in [1.82, 2.24) is 0 Å². The van der Waals surface area contributed by atoms with Crippen molar-refractivity contribution in [3.63, 3.8) is 0 Å².